The fraction of sp³-hybridized carbons (Fsp3) is 0.0213. The number of nitriles is 1. The van der Waals surface area contributed by atoms with E-state index in [-0.39, 0.29) is 5.69 Å². The van der Waals surface area contributed by atoms with Gasteiger partial charge >= 0.3 is 6.18 Å². The maximum absolute atomic E-state index is 13.7. The minimum Gasteiger partial charge on any atom is -0.309 e. The lowest BCUT2D eigenvalue weighted by atomic mass is 9.94. The normalized spacial score (nSPS) is 11.4. The van der Waals surface area contributed by atoms with E-state index in [2.05, 4.69) is 29.7 Å². The number of para-hydroxylation sites is 2. The Morgan fingerprint density at radius 2 is 1.18 bits per heavy atom. The number of aromatic nitrogens is 2. The Hall–Kier alpha value is -8.11. The number of benzene rings is 7. The topological polar surface area (TPSA) is 46.7 Å². The third-order valence-corrected chi connectivity index (χ3v) is 10.2. The van der Waals surface area contributed by atoms with Crippen LogP contribution < -0.4 is 0 Å². The molecular formula is C47H23F3N6. The molecule has 0 saturated heterocycles. The first kappa shape index (κ1) is 33.7. The van der Waals surface area contributed by atoms with E-state index in [1.165, 1.54) is 6.07 Å². The van der Waals surface area contributed by atoms with E-state index < -0.39 is 11.7 Å². The number of hydrogen-bond donors (Lipinski definition) is 0. The molecule has 0 aliphatic rings. The van der Waals surface area contributed by atoms with E-state index in [9.17, 15) is 18.4 Å². The molecule has 56 heavy (non-hydrogen) atoms. The molecule has 0 aliphatic carbocycles. The molecule has 0 N–H and O–H groups in total. The molecule has 0 aliphatic heterocycles. The number of hydrogen-bond acceptors (Lipinski definition) is 1. The van der Waals surface area contributed by atoms with Crippen LogP contribution in [-0.4, -0.2) is 9.13 Å². The highest BCUT2D eigenvalue weighted by Crippen LogP contribution is 2.45. The molecule has 9 rings (SSSR count). The Morgan fingerprint density at radius 1 is 0.518 bits per heavy atom. The van der Waals surface area contributed by atoms with Crippen molar-refractivity contribution in [1.29, 1.82) is 5.26 Å². The van der Waals surface area contributed by atoms with Crippen molar-refractivity contribution in [2.24, 2.45) is 0 Å². The standard InChI is InChI=1S/C47H23F3N6/c1-52-31-15-21-46-39(25-31)35-9-5-7-11-43(35)56(46)45-20-13-29(33-17-14-30(47(48,49)50)24-41(33)54-3)23-38(45)36-26-32(16-18-40(36)53-2)55-42-10-6-4-8-34(42)37-22-28(27-51)12-19-44(37)55/h4-26H. The van der Waals surface area contributed by atoms with Gasteiger partial charge in [-0.25, -0.2) is 14.5 Å². The van der Waals surface area contributed by atoms with Gasteiger partial charge in [-0.15, -0.1) is 0 Å². The van der Waals surface area contributed by atoms with E-state index in [1.807, 2.05) is 97.1 Å². The second kappa shape index (κ2) is 12.8. The summed E-state index contributed by atoms with van der Waals surface area (Å²) in [6, 6.07) is 43.2. The summed E-state index contributed by atoms with van der Waals surface area (Å²) < 4.78 is 45.4. The quantitative estimate of drug-likeness (QED) is 0.166. The van der Waals surface area contributed by atoms with Crippen LogP contribution in [0.1, 0.15) is 11.1 Å². The average Bonchev–Trinajstić information content (AvgIpc) is 3.74. The number of fused-ring (bicyclic) bond motifs is 6. The first-order chi connectivity index (χ1) is 27.2. The van der Waals surface area contributed by atoms with Gasteiger partial charge in [0.15, 0.2) is 17.1 Å². The summed E-state index contributed by atoms with van der Waals surface area (Å²) >= 11 is 0. The van der Waals surface area contributed by atoms with Crippen molar-refractivity contribution in [2.45, 2.75) is 6.18 Å². The first-order valence-electron chi connectivity index (χ1n) is 17.3. The summed E-state index contributed by atoms with van der Waals surface area (Å²) in [5, 5.41) is 13.3. The third kappa shape index (κ3) is 5.24. The summed E-state index contributed by atoms with van der Waals surface area (Å²) in [4.78, 5) is 11.1. The minimum atomic E-state index is -4.62. The summed E-state index contributed by atoms with van der Waals surface area (Å²) in [6.45, 7) is 23.8. The Bertz CT molecular complexity index is 3300. The molecule has 0 fully saturated rings. The molecule has 0 unspecified atom stereocenters. The molecule has 2 aromatic heterocycles. The molecule has 0 spiro atoms. The zero-order valence-electron chi connectivity index (χ0n) is 29.1. The van der Waals surface area contributed by atoms with Gasteiger partial charge in [-0.1, -0.05) is 66.7 Å². The van der Waals surface area contributed by atoms with Gasteiger partial charge in [-0.3, -0.25) is 0 Å². The molecule has 9 aromatic rings. The van der Waals surface area contributed by atoms with Gasteiger partial charge < -0.3 is 9.13 Å². The van der Waals surface area contributed by atoms with Crippen LogP contribution in [0.15, 0.2) is 140 Å². The maximum Gasteiger partial charge on any atom is 0.415 e. The van der Waals surface area contributed by atoms with E-state index in [1.54, 1.807) is 24.3 Å². The molecule has 262 valence electrons. The van der Waals surface area contributed by atoms with Crippen LogP contribution in [0.5, 0.6) is 0 Å². The highest BCUT2D eigenvalue weighted by Gasteiger charge is 2.31. The molecule has 0 atom stereocenters. The van der Waals surface area contributed by atoms with Gasteiger partial charge in [0.05, 0.1) is 59.1 Å². The maximum atomic E-state index is 13.7. The predicted molar refractivity (Wildman–Crippen MR) is 214 cm³/mol. The predicted octanol–water partition coefficient (Wildman–Crippen LogP) is 13.8. The van der Waals surface area contributed by atoms with Crippen molar-refractivity contribution >= 4 is 60.7 Å². The van der Waals surface area contributed by atoms with E-state index in [0.29, 0.717) is 44.9 Å². The molecular weight excluding hydrogens is 706 g/mol. The first-order valence-corrected chi connectivity index (χ1v) is 17.3. The second-order valence-electron chi connectivity index (χ2n) is 13.2. The fourth-order valence-corrected chi connectivity index (χ4v) is 7.75. The molecule has 9 heteroatoms. The molecule has 2 heterocycles. The van der Waals surface area contributed by atoms with Crippen molar-refractivity contribution < 1.29 is 13.2 Å². The summed E-state index contributed by atoms with van der Waals surface area (Å²) in [6.07, 6.45) is -4.62. The van der Waals surface area contributed by atoms with Gasteiger partial charge in [-0.2, -0.15) is 18.4 Å². The monoisotopic (exact) mass is 728 g/mol. The van der Waals surface area contributed by atoms with Crippen molar-refractivity contribution in [3.8, 4) is 39.7 Å². The van der Waals surface area contributed by atoms with Crippen LogP contribution in [0, 0.1) is 31.0 Å². The highest BCUT2D eigenvalue weighted by molar-refractivity contribution is 6.12. The largest absolute Gasteiger partial charge is 0.415 e. The number of halogens is 3. The molecule has 0 amide bonds. The lowest BCUT2D eigenvalue weighted by Crippen LogP contribution is -2.04. The second-order valence-corrected chi connectivity index (χ2v) is 13.2. The molecule has 6 nitrogen and oxygen atoms in total. The summed E-state index contributed by atoms with van der Waals surface area (Å²) in [5.74, 6) is 0. The van der Waals surface area contributed by atoms with Gasteiger partial charge in [0.25, 0.3) is 0 Å². The van der Waals surface area contributed by atoms with E-state index in [0.717, 1.165) is 61.4 Å². The van der Waals surface area contributed by atoms with Crippen molar-refractivity contribution in [1.82, 2.24) is 9.13 Å². The lowest BCUT2D eigenvalue weighted by Gasteiger charge is -2.19. The van der Waals surface area contributed by atoms with Crippen LogP contribution in [0.2, 0.25) is 0 Å². The fourth-order valence-electron chi connectivity index (χ4n) is 7.75. The van der Waals surface area contributed by atoms with Crippen LogP contribution in [0.3, 0.4) is 0 Å². The molecule has 0 bridgehead atoms. The van der Waals surface area contributed by atoms with Crippen LogP contribution >= 0.6 is 0 Å². The van der Waals surface area contributed by atoms with Crippen molar-refractivity contribution in [3.05, 3.63) is 185 Å². The van der Waals surface area contributed by atoms with E-state index >= 15 is 0 Å². The van der Waals surface area contributed by atoms with Crippen LogP contribution in [0.25, 0.3) is 91.8 Å². The highest BCUT2D eigenvalue weighted by atomic mass is 19.4. The molecule has 0 saturated carbocycles. The van der Waals surface area contributed by atoms with Gasteiger partial charge in [0, 0.05) is 27.4 Å². The Balaban J connectivity index is 1.37. The Morgan fingerprint density at radius 3 is 1.88 bits per heavy atom. The SMILES string of the molecule is [C-]#[N+]c1ccc2c(c1)c1ccccc1n2-c1ccc(-c2ccc(C(F)(F)F)cc2[N+]#[C-])cc1-c1cc(-n2c3ccccc3c3cc(C#N)ccc32)ccc1[N+]#[C-]. The number of alkyl halides is 3. The average molecular weight is 729 g/mol. The Kier molecular flexibility index (Phi) is 7.69. The Labute approximate surface area is 318 Å². The molecule has 0 radical (unpaired) electrons. The van der Waals surface area contributed by atoms with Gasteiger partial charge in [0.2, 0.25) is 0 Å². The summed E-state index contributed by atoms with van der Waals surface area (Å²) in [5.41, 5.74) is 7.17. The molecule has 7 aromatic carbocycles. The third-order valence-electron chi connectivity index (χ3n) is 10.2. The van der Waals surface area contributed by atoms with Crippen LogP contribution in [-0.2, 0) is 6.18 Å². The smallest absolute Gasteiger partial charge is 0.309 e. The lowest BCUT2D eigenvalue weighted by molar-refractivity contribution is -0.137. The number of rotatable bonds is 4. The van der Waals surface area contributed by atoms with Crippen molar-refractivity contribution in [3.63, 3.8) is 0 Å². The van der Waals surface area contributed by atoms with E-state index in [4.69, 9.17) is 19.7 Å². The van der Waals surface area contributed by atoms with Gasteiger partial charge in [0.1, 0.15) is 0 Å². The van der Waals surface area contributed by atoms with Crippen LogP contribution in [0.4, 0.5) is 30.2 Å². The zero-order valence-corrected chi connectivity index (χ0v) is 29.1. The van der Waals surface area contributed by atoms with Gasteiger partial charge in [-0.05, 0) is 100 Å². The van der Waals surface area contributed by atoms with Crippen molar-refractivity contribution in [2.75, 3.05) is 0 Å². The number of nitrogens with zero attached hydrogens (tertiary/aromatic N) is 6. The zero-order chi connectivity index (χ0) is 38.7. The summed E-state index contributed by atoms with van der Waals surface area (Å²) in [7, 11) is 0. The minimum absolute atomic E-state index is 0.150.